The molecule has 0 aliphatic heterocycles. The Hall–Kier alpha value is -2.09. The van der Waals surface area contributed by atoms with Crippen LogP contribution in [0.5, 0.6) is 0 Å². The monoisotopic (exact) mass is 480 g/mol. The van der Waals surface area contributed by atoms with Crippen molar-refractivity contribution in [2.75, 3.05) is 19.4 Å². The van der Waals surface area contributed by atoms with Crippen molar-refractivity contribution in [2.24, 2.45) is 4.99 Å². The predicted molar refractivity (Wildman–Crippen MR) is 124 cm³/mol. The largest absolute Gasteiger partial charge is 0.352 e. The molecule has 0 unspecified atom stereocenters. The van der Waals surface area contributed by atoms with Crippen LogP contribution in [0.2, 0.25) is 0 Å². The van der Waals surface area contributed by atoms with Crippen molar-refractivity contribution >= 4 is 41.5 Å². The highest BCUT2D eigenvalue weighted by Crippen LogP contribution is 2.11. The van der Waals surface area contributed by atoms with Crippen molar-refractivity contribution in [3.63, 3.8) is 0 Å². The van der Waals surface area contributed by atoms with Gasteiger partial charge in [0, 0.05) is 39.3 Å². The topological polar surface area (TPSA) is 56.7 Å². The van der Waals surface area contributed by atoms with Crippen LogP contribution in [-0.4, -0.2) is 30.9 Å². The van der Waals surface area contributed by atoms with Gasteiger partial charge in [0.2, 0.25) is 5.91 Å². The molecule has 2 aromatic carbocycles. The summed E-state index contributed by atoms with van der Waals surface area (Å²) in [6.45, 7) is 3.42. The van der Waals surface area contributed by atoms with Gasteiger partial charge in [-0.2, -0.15) is 0 Å². The van der Waals surface area contributed by atoms with Gasteiger partial charge in [0.05, 0.1) is 0 Å². The number of carbonyl (C=O) groups excluding carboxylic acids is 1. The molecule has 5 nitrogen and oxygen atoms in total. The Bertz CT molecular complexity index is 734. The number of hydrogen-bond donors (Lipinski definition) is 2. The second-order valence-corrected chi connectivity index (χ2v) is 6.24. The summed E-state index contributed by atoms with van der Waals surface area (Å²) in [4.78, 5) is 18.2. The molecule has 0 fully saturated rings. The lowest BCUT2D eigenvalue weighted by atomic mass is 10.2. The fourth-order valence-electron chi connectivity index (χ4n) is 2.71. The first-order chi connectivity index (χ1) is 12.6. The molecule has 0 bridgehead atoms. The molecule has 27 heavy (non-hydrogen) atoms. The van der Waals surface area contributed by atoms with E-state index in [-0.39, 0.29) is 29.9 Å². The van der Waals surface area contributed by atoms with Gasteiger partial charge in [0.15, 0.2) is 5.96 Å². The van der Waals surface area contributed by atoms with Gasteiger partial charge in [-0.25, -0.2) is 0 Å². The Balaban J connectivity index is 0.00000364. The number of hydrogen-bond acceptors (Lipinski definition) is 2. The number of nitrogens with zero attached hydrogens (tertiary/aromatic N) is 2. The molecule has 2 aromatic rings. The minimum atomic E-state index is 0. The SMILES string of the molecule is CCCC(=O)Nc1cccc(CNC(=NC)N(C)Cc2ccccc2)c1.I. The predicted octanol–water partition coefficient (Wildman–Crippen LogP) is 4.25. The molecule has 6 heteroatoms. The van der Waals surface area contributed by atoms with E-state index in [9.17, 15) is 4.79 Å². The van der Waals surface area contributed by atoms with Crippen molar-refractivity contribution in [3.8, 4) is 0 Å². The maximum absolute atomic E-state index is 11.7. The summed E-state index contributed by atoms with van der Waals surface area (Å²) in [5.41, 5.74) is 3.16. The Morgan fingerprint density at radius 1 is 1.07 bits per heavy atom. The first kappa shape index (κ1) is 23.0. The summed E-state index contributed by atoms with van der Waals surface area (Å²) >= 11 is 0. The van der Waals surface area contributed by atoms with Crippen LogP contribution in [0, 0.1) is 0 Å². The van der Waals surface area contributed by atoms with Crippen LogP contribution in [0.1, 0.15) is 30.9 Å². The highest BCUT2D eigenvalue weighted by atomic mass is 127. The van der Waals surface area contributed by atoms with Crippen LogP contribution in [0.15, 0.2) is 59.6 Å². The Morgan fingerprint density at radius 2 is 1.78 bits per heavy atom. The number of rotatable bonds is 7. The molecule has 1 amide bonds. The minimum Gasteiger partial charge on any atom is -0.352 e. The summed E-state index contributed by atoms with van der Waals surface area (Å²) in [7, 11) is 3.80. The van der Waals surface area contributed by atoms with Gasteiger partial charge in [-0.15, -0.1) is 24.0 Å². The molecule has 2 N–H and O–H groups in total. The minimum absolute atomic E-state index is 0. The fourth-order valence-corrected chi connectivity index (χ4v) is 2.71. The quantitative estimate of drug-likeness (QED) is 0.354. The summed E-state index contributed by atoms with van der Waals surface area (Å²) in [6.07, 6.45) is 1.39. The first-order valence-electron chi connectivity index (χ1n) is 8.97. The lowest BCUT2D eigenvalue weighted by molar-refractivity contribution is -0.116. The molecule has 0 saturated heterocycles. The molecule has 2 rings (SSSR count). The first-order valence-corrected chi connectivity index (χ1v) is 8.97. The molecular formula is C21H29IN4O. The van der Waals surface area contributed by atoms with E-state index in [1.807, 2.05) is 56.4 Å². The molecule has 0 heterocycles. The van der Waals surface area contributed by atoms with E-state index >= 15 is 0 Å². The second kappa shape index (κ2) is 12.3. The van der Waals surface area contributed by atoms with Crippen LogP contribution < -0.4 is 10.6 Å². The average molecular weight is 480 g/mol. The van der Waals surface area contributed by atoms with E-state index in [1.54, 1.807) is 7.05 Å². The summed E-state index contributed by atoms with van der Waals surface area (Å²) in [5.74, 6) is 0.880. The van der Waals surface area contributed by atoms with Gasteiger partial charge in [-0.1, -0.05) is 49.4 Å². The van der Waals surface area contributed by atoms with E-state index in [4.69, 9.17) is 0 Å². The molecule has 0 aliphatic rings. The van der Waals surface area contributed by atoms with Gasteiger partial charge in [0.25, 0.3) is 0 Å². The van der Waals surface area contributed by atoms with Crippen molar-refractivity contribution in [3.05, 3.63) is 65.7 Å². The number of amides is 1. The van der Waals surface area contributed by atoms with Crippen LogP contribution in [0.25, 0.3) is 0 Å². The van der Waals surface area contributed by atoms with Crippen LogP contribution >= 0.6 is 24.0 Å². The van der Waals surface area contributed by atoms with E-state index in [0.29, 0.717) is 13.0 Å². The zero-order valence-corrected chi connectivity index (χ0v) is 18.6. The third-order valence-corrected chi connectivity index (χ3v) is 3.97. The number of guanidine groups is 1. The highest BCUT2D eigenvalue weighted by molar-refractivity contribution is 14.0. The third-order valence-electron chi connectivity index (χ3n) is 3.97. The number of aliphatic imine (C=N–C) groups is 1. The molecule has 0 aliphatic carbocycles. The third kappa shape index (κ3) is 7.99. The molecular weight excluding hydrogens is 451 g/mol. The molecule has 146 valence electrons. The number of anilines is 1. The number of nitrogens with one attached hydrogen (secondary N) is 2. The molecule has 0 aromatic heterocycles. The Labute approximate surface area is 179 Å². The summed E-state index contributed by atoms with van der Waals surface area (Å²) in [6, 6.07) is 18.2. The zero-order valence-electron chi connectivity index (χ0n) is 16.2. The van der Waals surface area contributed by atoms with Gasteiger partial charge < -0.3 is 15.5 Å². The molecule has 0 spiro atoms. The van der Waals surface area contributed by atoms with Crippen molar-refractivity contribution in [1.82, 2.24) is 10.2 Å². The smallest absolute Gasteiger partial charge is 0.224 e. The van der Waals surface area contributed by atoms with Crippen LogP contribution in [-0.2, 0) is 17.9 Å². The normalized spacial score (nSPS) is 10.7. The number of carbonyl (C=O) groups is 1. The lowest BCUT2D eigenvalue weighted by Gasteiger charge is -2.22. The summed E-state index contributed by atoms with van der Waals surface area (Å²) in [5, 5.41) is 6.31. The van der Waals surface area contributed by atoms with E-state index < -0.39 is 0 Å². The molecule has 0 saturated carbocycles. The van der Waals surface area contributed by atoms with E-state index in [2.05, 4.69) is 32.7 Å². The van der Waals surface area contributed by atoms with Gasteiger partial charge >= 0.3 is 0 Å². The zero-order chi connectivity index (χ0) is 18.8. The van der Waals surface area contributed by atoms with Crippen molar-refractivity contribution < 1.29 is 4.79 Å². The summed E-state index contributed by atoms with van der Waals surface area (Å²) < 4.78 is 0. The maximum atomic E-state index is 11.7. The Kier molecular flexibility index (Phi) is 10.5. The van der Waals surface area contributed by atoms with Crippen LogP contribution in [0.4, 0.5) is 5.69 Å². The maximum Gasteiger partial charge on any atom is 0.224 e. The van der Waals surface area contributed by atoms with Gasteiger partial charge in [-0.3, -0.25) is 9.79 Å². The molecule has 0 atom stereocenters. The number of benzene rings is 2. The van der Waals surface area contributed by atoms with Crippen molar-refractivity contribution in [1.29, 1.82) is 0 Å². The number of halogens is 1. The average Bonchev–Trinajstić information content (AvgIpc) is 2.63. The van der Waals surface area contributed by atoms with E-state index in [0.717, 1.165) is 30.2 Å². The van der Waals surface area contributed by atoms with Crippen molar-refractivity contribution in [2.45, 2.75) is 32.9 Å². The van der Waals surface area contributed by atoms with E-state index in [1.165, 1.54) is 5.56 Å². The standard InChI is InChI=1S/C21H28N4O.HI/c1-4-9-20(26)24-19-13-8-12-18(14-19)15-23-21(22-2)25(3)16-17-10-6-5-7-11-17;/h5-8,10-14H,4,9,15-16H2,1-3H3,(H,22,23)(H,24,26);1H. The van der Waals surface area contributed by atoms with Crippen LogP contribution in [0.3, 0.4) is 0 Å². The second-order valence-electron chi connectivity index (χ2n) is 6.24. The molecule has 0 radical (unpaired) electrons. The van der Waals surface area contributed by atoms with Gasteiger partial charge in [0.1, 0.15) is 0 Å². The lowest BCUT2D eigenvalue weighted by Crippen LogP contribution is -2.38. The fraction of sp³-hybridized carbons (Fsp3) is 0.333. The van der Waals surface area contributed by atoms with Gasteiger partial charge in [-0.05, 0) is 29.7 Å². The Morgan fingerprint density at radius 3 is 2.44 bits per heavy atom. The highest BCUT2D eigenvalue weighted by Gasteiger charge is 2.07.